The smallest absolute Gasteiger partial charge is 0.325 e. The van der Waals surface area contributed by atoms with E-state index in [-0.39, 0.29) is 18.5 Å². The lowest BCUT2D eigenvalue weighted by Gasteiger charge is -2.14. The molecule has 0 saturated carbocycles. The molecule has 0 spiro atoms. The number of carbonyl (C=O) groups is 2. The number of aryl methyl sites for hydroxylation is 1. The van der Waals surface area contributed by atoms with Gasteiger partial charge in [-0.25, -0.2) is 4.79 Å². The van der Waals surface area contributed by atoms with E-state index < -0.39 is 6.04 Å². The second kappa shape index (κ2) is 5.74. The van der Waals surface area contributed by atoms with Gasteiger partial charge in [0.2, 0.25) is 0 Å². The second-order valence-corrected chi connectivity index (χ2v) is 4.97. The Hall–Kier alpha value is -2.35. The van der Waals surface area contributed by atoms with Crippen molar-refractivity contribution in [3.8, 4) is 6.07 Å². The molecule has 20 heavy (non-hydrogen) atoms. The predicted octanol–water partition coefficient (Wildman–Crippen LogP) is 2.09. The monoisotopic (exact) mass is 271 g/mol. The van der Waals surface area contributed by atoms with Gasteiger partial charge in [-0.1, -0.05) is 19.4 Å². The molecule has 104 valence electrons. The third kappa shape index (κ3) is 2.64. The summed E-state index contributed by atoms with van der Waals surface area (Å²) in [5.41, 5.74) is 2.36. The van der Waals surface area contributed by atoms with Crippen LogP contribution in [0, 0.1) is 18.3 Å². The van der Waals surface area contributed by atoms with E-state index in [9.17, 15) is 9.59 Å². The van der Waals surface area contributed by atoms with Crippen LogP contribution in [-0.2, 0) is 11.3 Å². The summed E-state index contributed by atoms with van der Waals surface area (Å²) in [4.78, 5) is 25.2. The molecule has 3 amide bonds. The van der Waals surface area contributed by atoms with Crippen LogP contribution >= 0.6 is 0 Å². The number of nitrogens with one attached hydrogen (secondary N) is 1. The van der Waals surface area contributed by atoms with Crippen molar-refractivity contribution in [1.29, 1.82) is 5.26 Å². The highest BCUT2D eigenvalue weighted by Crippen LogP contribution is 2.18. The number of urea groups is 1. The van der Waals surface area contributed by atoms with Gasteiger partial charge in [-0.2, -0.15) is 5.26 Å². The van der Waals surface area contributed by atoms with Crippen molar-refractivity contribution in [2.75, 3.05) is 0 Å². The molecule has 1 saturated heterocycles. The minimum Gasteiger partial charge on any atom is -0.326 e. The van der Waals surface area contributed by atoms with Gasteiger partial charge in [-0.15, -0.1) is 0 Å². The van der Waals surface area contributed by atoms with Gasteiger partial charge >= 0.3 is 6.03 Å². The highest BCUT2D eigenvalue weighted by Gasteiger charge is 2.37. The molecule has 1 atom stereocenters. The second-order valence-electron chi connectivity index (χ2n) is 4.97. The Morgan fingerprint density at radius 2 is 2.15 bits per heavy atom. The van der Waals surface area contributed by atoms with Gasteiger partial charge in [0.25, 0.3) is 5.91 Å². The molecule has 0 aromatic heterocycles. The first kappa shape index (κ1) is 14.1. The van der Waals surface area contributed by atoms with Crippen LogP contribution in [-0.4, -0.2) is 22.9 Å². The van der Waals surface area contributed by atoms with Crippen molar-refractivity contribution in [3.63, 3.8) is 0 Å². The lowest BCUT2D eigenvalue weighted by atomic mass is 10.0. The Bertz CT molecular complexity index is 589. The molecular weight excluding hydrogens is 254 g/mol. The van der Waals surface area contributed by atoms with Gasteiger partial charge in [0, 0.05) is 0 Å². The molecule has 1 heterocycles. The summed E-state index contributed by atoms with van der Waals surface area (Å²) in [6.45, 7) is 4.10. The van der Waals surface area contributed by atoms with Gasteiger partial charge in [-0.3, -0.25) is 9.69 Å². The zero-order chi connectivity index (χ0) is 14.7. The van der Waals surface area contributed by atoms with E-state index >= 15 is 0 Å². The van der Waals surface area contributed by atoms with Crippen LogP contribution in [0.15, 0.2) is 18.2 Å². The third-order valence-corrected chi connectivity index (χ3v) is 3.48. The van der Waals surface area contributed by atoms with Gasteiger partial charge in [0.1, 0.15) is 6.04 Å². The number of hydrogen-bond acceptors (Lipinski definition) is 3. The predicted molar refractivity (Wildman–Crippen MR) is 73.7 cm³/mol. The Morgan fingerprint density at radius 1 is 1.40 bits per heavy atom. The molecule has 1 aliphatic rings. The zero-order valence-corrected chi connectivity index (χ0v) is 11.6. The molecule has 1 aromatic carbocycles. The molecule has 0 bridgehead atoms. The van der Waals surface area contributed by atoms with E-state index in [0.717, 1.165) is 17.5 Å². The van der Waals surface area contributed by atoms with Crippen LogP contribution in [0.25, 0.3) is 0 Å². The summed E-state index contributed by atoms with van der Waals surface area (Å²) in [5.74, 6) is -0.166. The van der Waals surface area contributed by atoms with E-state index in [1.165, 1.54) is 4.90 Å². The first-order chi connectivity index (χ1) is 9.56. The first-order valence-corrected chi connectivity index (χ1v) is 6.68. The molecule has 1 unspecified atom stereocenters. The average molecular weight is 271 g/mol. The molecule has 1 fully saturated rings. The number of imide groups is 1. The summed E-state index contributed by atoms with van der Waals surface area (Å²) in [6.07, 6.45) is 1.51. The fourth-order valence-corrected chi connectivity index (χ4v) is 2.32. The van der Waals surface area contributed by atoms with Crippen molar-refractivity contribution in [2.24, 2.45) is 0 Å². The van der Waals surface area contributed by atoms with Crippen molar-refractivity contribution >= 4 is 11.9 Å². The summed E-state index contributed by atoms with van der Waals surface area (Å²) in [6, 6.07) is 6.59. The van der Waals surface area contributed by atoms with Crippen molar-refractivity contribution in [3.05, 3.63) is 34.9 Å². The Balaban J connectivity index is 2.16. The fraction of sp³-hybridized carbons (Fsp3) is 0.400. The van der Waals surface area contributed by atoms with Crippen molar-refractivity contribution in [2.45, 2.75) is 39.3 Å². The lowest BCUT2D eigenvalue weighted by molar-refractivity contribution is -0.128. The summed E-state index contributed by atoms with van der Waals surface area (Å²) < 4.78 is 0. The van der Waals surface area contributed by atoms with Crippen molar-refractivity contribution < 1.29 is 9.59 Å². The zero-order valence-electron chi connectivity index (χ0n) is 11.6. The Morgan fingerprint density at radius 3 is 2.75 bits per heavy atom. The van der Waals surface area contributed by atoms with E-state index in [1.807, 2.05) is 13.8 Å². The maximum atomic E-state index is 12.1. The van der Waals surface area contributed by atoms with Crippen LogP contribution < -0.4 is 5.32 Å². The van der Waals surface area contributed by atoms with Gasteiger partial charge in [0.15, 0.2) is 0 Å². The number of nitriles is 1. The molecule has 1 aliphatic heterocycles. The molecule has 0 aliphatic carbocycles. The summed E-state index contributed by atoms with van der Waals surface area (Å²) in [5, 5.41) is 11.5. The highest BCUT2D eigenvalue weighted by molar-refractivity contribution is 6.04. The molecule has 5 heteroatoms. The quantitative estimate of drug-likeness (QED) is 0.852. The van der Waals surface area contributed by atoms with E-state index in [0.29, 0.717) is 12.0 Å². The maximum absolute atomic E-state index is 12.1. The molecule has 0 radical (unpaired) electrons. The van der Waals surface area contributed by atoms with Crippen LogP contribution in [0.3, 0.4) is 0 Å². The standard InChI is InChI=1S/C15H17N3O2/c1-3-4-13-14(19)18(15(20)17-13)9-12-6-5-11(8-16)7-10(12)2/h5-7,13H,3-4,9H2,1-2H3,(H,17,20). The number of carbonyl (C=O) groups excluding carboxylic acids is 2. The first-order valence-electron chi connectivity index (χ1n) is 6.68. The van der Waals surface area contributed by atoms with Crippen molar-refractivity contribution in [1.82, 2.24) is 10.2 Å². The van der Waals surface area contributed by atoms with E-state index in [4.69, 9.17) is 5.26 Å². The van der Waals surface area contributed by atoms with Gasteiger partial charge in [0.05, 0.1) is 18.2 Å². The SMILES string of the molecule is CCCC1NC(=O)N(Cc2ccc(C#N)cc2C)C1=O. The van der Waals surface area contributed by atoms with Crippen LogP contribution in [0.2, 0.25) is 0 Å². The Labute approximate surface area is 118 Å². The largest absolute Gasteiger partial charge is 0.326 e. The topological polar surface area (TPSA) is 73.2 Å². The molecule has 2 rings (SSSR count). The molecule has 1 aromatic rings. The van der Waals surface area contributed by atoms with Crippen LogP contribution in [0.1, 0.15) is 36.5 Å². The average Bonchev–Trinajstić information content (AvgIpc) is 2.69. The maximum Gasteiger partial charge on any atom is 0.325 e. The van der Waals surface area contributed by atoms with Gasteiger partial charge < -0.3 is 5.32 Å². The van der Waals surface area contributed by atoms with E-state index in [1.54, 1.807) is 18.2 Å². The minimum atomic E-state index is -0.397. The number of amides is 3. The van der Waals surface area contributed by atoms with Gasteiger partial charge in [-0.05, 0) is 36.6 Å². The number of hydrogen-bond donors (Lipinski definition) is 1. The number of nitrogens with zero attached hydrogens (tertiary/aromatic N) is 2. The lowest BCUT2D eigenvalue weighted by Crippen LogP contribution is -2.31. The summed E-state index contributed by atoms with van der Waals surface area (Å²) in [7, 11) is 0. The molecule has 1 N–H and O–H groups in total. The summed E-state index contributed by atoms with van der Waals surface area (Å²) >= 11 is 0. The minimum absolute atomic E-state index is 0.166. The molecular formula is C15H17N3O2. The van der Waals surface area contributed by atoms with Crippen LogP contribution in [0.5, 0.6) is 0 Å². The number of rotatable bonds is 4. The third-order valence-electron chi connectivity index (χ3n) is 3.48. The number of benzene rings is 1. The van der Waals surface area contributed by atoms with Crippen LogP contribution in [0.4, 0.5) is 4.79 Å². The fourth-order valence-electron chi connectivity index (χ4n) is 2.32. The Kier molecular flexibility index (Phi) is 4.04. The molecule has 5 nitrogen and oxygen atoms in total. The normalized spacial score (nSPS) is 18.1. The highest BCUT2D eigenvalue weighted by atomic mass is 16.2. The van der Waals surface area contributed by atoms with E-state index in [2.05, 4.69) is 11.4 Å².